The predicted octanol–water partition coefficient (Wildman–Crippen LogP) is 3.31. The Kier molecular flexibility index (Phi) is 4.41. The van der Waals surface area contributed by atoms with Crippen LogP contribution in [-0.2, 0) is 17.5 Å². The smallest absolute Gasteiger partial charge is 0.379 e. The summed E-state index contributed by atoms with van der Waals surface area (Å²) in [5, 5.41) is 0. The van der Waals surface area contributed by atoms with Crippen LogP contribution in [0.25, 0.3) is 11.0 Å². The fraction of sp³-hybridized carbons (Fsp3) is 0.500. The van der Waals surface area contributed by atoms with Gasteiger partial charge < -0.3 is 15.0 Å². The molecule has 0 bridgehead atoms. The van der Waals surface area contributed by atoms with Crippen molar-refractivity contribution in [2.24, 2.45) is 5.92 Å². The molecule has 116 valence electrons. The highest BCUT2D eigenvalue weighted by Gasteiger charge is 2.31. The number of ether oxygens (including phenoxy) is 1. The van der Waals surface area contributed by atoms with E-state index in [1.807, 2.05) is 13.8 Å². The lowest BCUT2D eigenvalue weighted by Gasteiger charge is -2.10. The van der Waals surface area contributed by atoms with E-state index in [4.69, 9.17) is 10.5 Å². The van der Waals surface area contributed by atoms with Crippen LogP contribution in [0.1, 0.15) is 19.4 Å². The molecule has 1 aromatic heterocycles. The largest absolute Gasteiger partial charge is 0.416 e. The van der Waals surface area contributed by atoms with Crippen LogP contribution in [0.4, 0.5) is 19.1 Å². The van der Waals surface area contributed by atoms with Gasteiger partial charge in [0, 0.05) is 13.2 Å². The standard InChI is InChI=1S/C14H18F3N3O/c1-9(2)8-21-6-5-20-12-4-3-10(14(15,16)17)7-11(12)19-13(20)18/h3-4,7,9H,5-6,8H2,1-2H3,(H2,18,19). The van der Waals surface area contributed by atoms with Crippen LogP contribution in [0.15, 0.2) is 18.2 Å². The molecule has 0 amide bonds. The zero-order valence-corrected chi connectivity index (χ0v) is 11.9. The molecule has 0 saturated heterocycles. The van der Waals surface area contributed by atoms with Crippen molar-refractivity contribution < 1.29 is 17.9 Å². The van der Waals surface area contributed by atoms with Crippen molar-refractivity contribution in [1.82, 2.24) is 9.55 Å². The second-order valence-electron chi connectivity index (χ2n) is 5.29. The Bertz CT molecular complexity index is 620. The quantitative estimate of drug-likeness (QED) is 0.862. The number of hydrogen-bond acceptors (Lipinski definition) is 3. The average Bonchev–Trinajstić information content (AvgIpc) is 2.68. The molecule has 1 heterocycles. The fourth-order valence-electron chi connectivity index (χ4n) is 2.03. The molecular formula is C14H18F3N3O. The van der Waals surface area contributed by atoms with Crippen molar-refractivity contribution in [3.63, 3.8) is 0 Å². The van der Waals surface area contributed by atoms with Crippen LogP contribution < -0.4 is 5.73 Å². The van der Waals surface area contributed by atoms with E-state index in [2.05, 4.69) is 4.98 Å². The molecule has 0 atom stereocenters. The second-order valence-corrected chi connectivity index (χ2v) is 5.29. The topological polar surface area (TPSA) is 53.1 Å². The molecule has 7 heteroatoms. The number of benzene rings is 1. The van der Waals surface area contributed by atoms with Gasteiger partial charge in [-0.3, -0.25) is 0 Å². The number of nitrogen functional groups attached to an aromatic ring is 1. The molecule has 2 N–H and O–H groups in total. The molecule has 1 aromatic carbocycles. The molecule has 4 nitrogen and oxygen atoms in total. The van der Waals surface area contributed by atoms with E-state index in [1.54, 1.807) is 4.57 Å². The maximum absolute atomic E-state index is 12.7. The molecule has 2 aromatic rings. The fourth-order valence-corrected chi connectivity index (χ4v) is 2.03. The van der Waals surface area contributed by atoms with Gasteiger partial charge in [0.15, 0.2) is 0 Å². The summed E-state index contributed by atoms with van der Waals surface area (Å²) in [6.45, 7) is 5.61. The number of fused-ring (bicyclic) bond motifs is 1. The predicted molar refractivity (Wildman–Crippen MR) is 74.8 cm³/mol. The van der Waals surface area contributed by atoms with Crippen molar-refractivity contribution in [2.45, 2.75) is 26.6 Å². The Morgan fingerprint density at radius 2 is 2.05 bits per heavy atom. The van der Waals surface area contributed by atoms with Gasteiger partial charge in [0.2, 0.25) is 5.95 Å². The van der Waals surface area contributed by atoms with E-state index in [9.17, 15) is 13.2 Å². The minimum Gasteiger partial charge on any atom is -0.379 e. The van der Waals surface area contributed by atoms with Gasteiger partial charge >= 0.3 is 6.18 Å². The van der Waals surface area contributed by atoms with Crippen LogP contribution in [0.2, 0.25) is 0 Å². The molecule has 0 aliphatic rings. The molecule has 0 unspecified atom stereocenters. The highest BCUT2D eigenvalue weighted by atomic mass is 19.4. The zero-order valence-electron chi connectivity index (χ0n) is 11.9. The lowest BCUT2D eigenvalue weighted by atomic mass is 10.2. The lowest BCUT2D eigenvalue weighted by Crippen LogP contribution is -2.11. The summed E-state index contributed by atoms with van der Waals surface area (Å²) in [6, 6.07) is 3.44. The highest BCUT2D eigenvalue weighted by Crippen LogP contribution is 2.31. The first-order valence-electron chi connectivity index (χ1n) is 6.69. The molecule has 2 rings (SSSR count). The maximum atomic E-state index is 12.7. The summed E-state index contributed by atoms with van der Waals surface area (Å²) >= 11 is 0. The summed E-state index contributed by atoms with van der Waals surface area (Å²) < 4.78 is 45.1. The van der Waals surface area contributed by atoms with E-state index in [0.717, 1.165) is 12.1 Å². The summed E-state index contributed by atoms with van der Waals surface area (Å²) in [5.74, 6) is 0.619. The molecule has 0 aliphatic heterocycles. The van der Waals surface area contributed by atoms with E-state index >= 15 is 0 Å². The Labute approximate surface area is 120 Å². The molecular weight excluding hydrogens is 283 g/mol. The number of rotatable bonds is 5. The van der Waals surface area contributed by atoms with E-state index in [1.165, 1.54) is 6.07 Å². The number of aromatic nitrogens is 2. The van der Waals surface area contributed by atoms with Crippen molar-refractivity contribution >= 4 is 17.0 Å². The number of nitrogens with two attached hydrogens (primary N) is 1. The first-order valence-corrected chi connectivity index (χ1v) is 6.69. The van der Waals surface area contributed by atoms with Gasteiger partial charge in [-0.25, -0.2) is 4.98 Å². The lowest BCUT2D eigenvalue weighted by molar-refractivity contribution is -0.137. The third-order valence-corrected chi connectivity index (χ3v) is 3.02. The van der Waals surface area contributed by atoms with E-state index in [-0.39, 0.29) is 11.5 Å². The van der Waals surface area contributed by atoms with Gasteiger partial charge in [0.25, 0.3) is 0 Å². The third-order valence-electron chi connectivity index (χ3n) is 3.02. The van der Waals surface area contributed by atoms with Gasteiger partial charge in [-0.05, 0) is 24.1 Å². The SMILES string of the molecule is CC(C)COCCn1c(N)nc2cc(C(F)(F)F)ccc21. The minimum atomic E-state index is -4.38. The number of imidazole rings is 1. The molecule has 0 aliphatic carbocycles. The molecule has 21 heavy (non-hydrogen) atoms. The molecule has 0 saturated carbocycles. The summed E-state index contributed by atoms with van der Waals surface area (Å²) in [7, 11) is 0. The highest BCUT2D eigenvalue weighted by molar-refractivity contribution is 5.79. The maximum Gasteiger partial charge on any atom is 0.416 e. The van der Waals surface area contributed by atoms with Crippen molar-refractivity contribution in [1.29, 1.82) is 0 Å². The van der Waals surface area contributed by atoms with E-state index < -0.39 is 11.7 Å². The normalized spacial score (nSPS) is 12.5. The zero-order chi connectivity index (χ0) is 15.6. The first-order chi connectivity index (χ1) is 9.79. The van der Waals surface area contributed by atoms with Gasteiger partial charge in [-0.15, -0.1) is 0 Å². The number of nitrogens with zero attached hydrogens (tertiary/aromatic N) is 2. The summed E-state index contributed by atoms with van der Waals surface area (Å²) in [5.41, 5.74) is 5.86. The Hall–Kier alpha value is -1.76. The third kappa shape index (κ3) is 3.66. The second kappa shape index (κ2) is 5.93. The molecule has 0 radical (unpaired) electrons. The Morgan fingerprint density at radius 1 is 1.33 bits per heavy atom. The van der Waals surface area contributed by atoms with Crippen LogP contribution in [0.3, 0.4) is 0 Å². The number of halogens is 3. The van der Waals surface area contributed by atoms with Crippen LogP contribution in [-0.4, -0.2) is 22.8 Å². The summed E-state index contributed by atoms with van der Waals surface area (Å²) in [6.07, 6.45) is -4.38. The van der Waals surface area contributed by atoms with Gasteiger partial charge in [0.05, 0.1) is 23.2 Å². The minimum absolute atomic E-state index is 0.192. The van der Waals surface area contributed by atoms with E-state index in [0.29, 0.717) is 31.2 Å². The number of hydrogen-bond donors (Lipinski definition) is 1. The van der Waals surface area contributed by atoms with Gasteiger partial charge in [-0.2, -0.15) is 13.2 Å². The first kappa shape index (κ1) is 15.6. The average molecular weight is 301 g/mol. The number of alkyl halides is 3. The van der Waals surface area contributed by atoms with Crippen LogP contribution in [0.5, 0.6) is 0 Å². The van der Waals surface area contributed by atoms with Crippen molar-refractivity contribution in [3.05, 3.63) is 23.8 Å². The van der Waals surface area contributed by atoms with Crippen LogP contribution in [0, 0.1) is 5.92 Å². The van der Waals surface area contributed by atoms with Gasteiger partial charge in [0.1, 0.15) is 0 Å². The summed E-state index contributed by atoms with van der Waals surface area (Å²) in [4.78, 5) is 3.99. The number of anilines is 1. The monoisotopic (exact) mass is 301 g/mol. The van der Waals surface area contributed by atoms with Crippen LogP contribution >= 0.6 is 0 Å². The Balaban J connectivity index is 2.19. The van der Waals surface area contributed by atoms with Gasteiger partial charge in [-0.1, -0.05) is 13.8 Å². The van der Waals surface area contributed by atoms with Crippen molar-refractivity contribution in [2.75, 3.05) is 18.9 Å². The van der Waals surface area contributed by atoms with Crippen molar-refractivity contribution in [3.8, 4) is 0 Å². The molecule has 0 fully saturated rings. The Morgan fingerprint density at radius 3 is 2.67 bits per heavy atom. The molecule has 0 spiro atoms.